The number of aromatic nitrogens is 2. The molecule has 0 unspecified atom stereocenters. The van der Waals surface area contributed by atoms with Crippen molar-refractivity contribution in [3.8, 4) is 0 Å². The number of pyridine rings is 1. The van der Waals surface area contributed by atoms with Crippen LogP contribution in [0.3, 0.4) is 0 Å². The van der Waals surface area contributed by atoms with Gasteiger partial charge in [-0.25, -0.2) is 4.98 Å². The second-order valence-corrected chi connectivity index (χ2v) is 9.02. The van der Waals surface area contributed by atoms with Gasteiger partial charge in [-0.15, -0.1) is 11.3 Å². The minimum Gasteiger partial charge on any atom is -0.383 e. The number of anilines is 1. The molecule has 0 spiro atoms. The molecule has 9 nitrogen and oxygen atoms in total. The molecule has 3 aromatic rings. The van der Waals surface area contributed by atoms with Crippen LogP contribution in [-0.2, 0) is 27.3 Å². The summed E-state index contributed by atoms with van der Waals surface area (Å²) in [6.07, 6.45) is 3.39. The van der Waals surface area contributed by atoms with Gasteiger partial charge in [0.2, 0.25) is 11.8 Å². The van der Waals surface area contributed by atoms with E-state index in [2.05, 4.69) is 20.6 Å². The Bertz CT molecular complexity index is 1180. The Morgan fingerprint density at radius 2 is 1.86 bits per heavy atom. The second-order valence-electron chi connectivity index (χ2n) is 7.35. The van der Waals surface area contributed by atoms with Crippen molar-refractivity contribution in [1.29, 1.82) is 0 Å². The minimum atomic E-state index is -0.433. The van der Waals surface area contributed by atoms with E-state index in [-0.39, 0.29) is 43.0 Å². The maximum atomic E-state index is 12.9. The normalized spacial score (nSPS) is 10.6. The molecule has 0 aliphatic rings. The van der Waals surface area contributed by atoms with Gasteiger partial charge in [0.05, 0.1) is 28.8 Å². The lowest BCUT2D eigenvalue weighted by Crippen LogP contribution is -2.40. The summed E-state index contributed by atoms with van der Waals surface area (Å²) in [7, 11) is 1.51. The molecule has 0 saturated heterocycles. The third-order valence-corrected chi connectivity index (χ3v) is 6.28. The van der Waals surface area contributed by atoms with Gasteiger partial charge in [-0.05, 0) is 35.9 Å². The number of amides is 3. The van der Waals surface area contributed by atoms with Crippen LogP contribution in [0.25, 0.3) is 0 Å². The van der Waals surface area contributed by atoms with E-state index in [0.29, 0.717) is 28.0 Å². The zero-order valence-electron chi connectivity index (χ0n) is 18.8. The van der Waals surface area contributed by atoms with Crippen molar-refractivity contribution in [2.45, 2.75) is 13.0 Å². The van der Waals surface area contributed by atoms with Crippen LogP contribution in [-0.4, -0.2) is 59.4 Å². The largest absolute Gasteiger partial charge is 0.383 e. The van der Waals surface area contributed by atoms with Crippen molar-refractivity contribution in [3.05, 3.63) is 75.0 Å². The number of benzene rings is 1. The Morgan fingerprint density at radius 1 is 1.09 bits per heavy atom. The van der Waals surface area contributed by atoms with Gasteiger partial charge in [0.1, 0.15) is 6.54 Å². The molecule has 2 N–H and O–H groups in total. The number of nitrogens with one attached hydrogen (secondary N) is 2. The van der Waals surface area contributed by atoms with E-state index < -0.39 is 5.91 Å². The molecular formula is C23H23Cl2N5O4S. The molecule has 3 amide bonds. The lowest BCUT2D eigenvalue weighted by atomic mass is 10.2. The minimum absolute atomic E-state index is 0.0766. The number of hydrogen-bond donors (Lipinski definition) is 2. The SMILES string of the molecule is COCCN(CC(=O)Nc1nc(CC(=O)NCc2ccncc2)cs1)C(=O)c1ccc(Cl)c(Cl)c1. The summed E-state index contributed by atoms with van der Waals surface area (Å²) in [4.78, 5) is 47.3. The molecule has 0 saturated carbocycles. The van der Waals surface area contributed by atoms with Gasteiger partial charge >= 0.3 is 0 Å². The predicted octanol–water partition coefficient (Wildman–Crippen LogP) is 3.43. The smallest absolute Gasteiger partial charge is 0.254 e. The van der Waals surface area contributed by atoms with Crippen molar-refractivity contribution in [1.82, 2.24) is 20.2 Å². The van der Waals surface area contributed by atoms with E-state index in [1.807, 2.05) is 12.1 Å². The molecule has 0 fully saturated rings. The molecule has 0 radical (unpaired) electrons. The van der Waals surface area contributed by atoms with E-state index in [1.54, 1.807) is 23.8 Å². The first-order valence-electron chi connectivity index (χ1n) is 10.5. The number of thiazole rings is 1. The molecule has 0 atom stereocenters. The van der Waals surface area contributed by atoms with Crippen molar-refractivity contribution >= 4 is 57.4 Å². The average molecular weight is 536 g/mol. The number of halogens is 2. The quantitative estimate of drug-likeness (QED) is 0.388. The van der Waals surface area contributed by atoms with E-state index in [0.717, 1.165) is 5.56 Å². The number of carbonyl (C=O) groups is 3. The van der Waals surface area contributed by atoms with Gasteiger partial charge < -0.3 is 20.3 Å². The summed E-state index contributed by atoms with van der Waals surface area (Å²) in [6, 6.07) is 8.16. The van der Waals surface area contributed by atoms with Gasteiger partial charge in [-0.1, -0.05) is 23.2 Å². The highest BCUT2D eigenvalue weighted by molar-refractivity contribution is 7.13. The molecule has 184 valence electrons. The first-order chi connectivity index (χ1) is 16.9. The van der Waals surface area contributed by atoms with Gasteiger partial charge in [-0.3, -0.25) is 19.4 Å². The fourth-order valence-electron chi connectivity index (χ4n) is 2.97. The maximum Gasteiger partial charge on any atom is 0.254 e. The summed E-state index contributed by atoms with van der Waals surface area (Å²) >= 11 is 13.1. The molecule has 0 aliphatic heterocycles. The van der Waals surface area contributed by atoms with Crippen molar-refractivity contribution < 1.29 is 19.1 Å². The van der Waals surface area contributed by atoms with Crippen LogP contribution in [0.1, 0.15) is 21.6 Å². The Balaban J connectivity index is 1.55. The monoisotopic (exact) mass is 535 g/mol. The molecule has 2 heterocycles. The summed E-state index contributed by atoms with van der Waals surface area (Å²) in [5.74, 6) is -1.01. The number of hydrogen-bond acceptors (Lipinski definition) is 7. The van der Waals surface area contributed by atoms with Crippen LogP contribution in [0.5, 0.6) is 0 Å². The topological polar surface area (TPSA) is 114 Å². The molecule has 2 aromatic heterocycles. The van der Waals surface area contributed by atoms with E-state index in [4.69, 9.17) is 27.9 Å². The standard InChI is InChI=1S/C23H23Cl2N5O4S/c1-34-9-8-30(22(33)16-2-3-18(24)19(25)10-16)13-21(32)29-23-28-17(14-35-23)11-20(31)27-12-15-4-6-26-7-5-15/h2-7,10,14H,8-9,11-13H2,1H3,(H,27,31)(H,28,29,32). The third kappa shape index (κ3) is 8.29. The van der Waals surface area contributed by atoms with Crippen LogP contribution < -0.4 is 10.6 Å². The highest BCUT2D eigenvalue weighted by Gasteiger charge is 2.20. The van der Waals surface area contributed by atoms with Gasteiger partial charge in [0.15, 0.2) is 5.13 Å². The molecule has 1 aromatic carbocycles. The zero-order chi connectivity index (χ0) is 25.2. The number of rotatable bonds is 11. The fourth-order valence-corrected chi connectivity index (χ4v) is 4.00. The van der Waals surface area contributed by atoms with Crippen LogP contribution >= 0.6 is 34.5 Å². The van der Waals surface area contributed by atoms with Crippen LogP contribution in [0, 0.1) is 0 Å². The van der Waals surface area contributed by atoms with Gasteiger partial charge in [0, 0.05) is 43.5 Å². The average Bonchev–Trinajstić information content (AvgIpc) is 3.28. The molecule has 0 aliphatic carbocycles. The van der Waals surface area contributed by atoms with Crippen molar-refractivity contribution in [3.63, 3.8) is 0 Å². The van der Waals surface area contributed by atoms with Crippen LogP contribution in [0.15, 0.2) is 48.1 Å². The van der Waals surface area contributed by atoms with Crippen LogP contribution in [0.2, 0.25) is 10.0 Å². The number of ether oxygens (including phenoxy) is 1. The number of methoxy groups -OCH3 is 1. The maximum absolute atomic E-state index is 12.9. The Hall–Kier alpha value is -3.05. The summed E-state index contributed by atoms with van der Waals surface area (Å²) in [6.45, 7) is 0.614. The Morgan fingerprint density at radius 3 is 2.57 bits per heavy atom. The highest BCUT2D eigenvalue weighted by atomic mass is 35.5. The van der Waals surface area contributed by atoms with E-state index >= 15 is 0 Å². The lowest BCUT2D eigenvalue weighted by Gasteiger charge is -2.22. The molecular weight excluding hydrogens is 513 g/mol. The van der Waals surface area contributed by atoms with Gasteiger partial charge in [0.25, 0.3) is 5.91 Å². The third-order valence-electron chi connectivity index (χ3n) is 4.73. The van der Waals surface area contributed by atoms with E-state index in [1.165, 1.54) is 35.5 Å². The molecule has 12 heteroatoms. The predicted molar refractivity (Wildman–Crippen MR) is 135 cm³/mol. The second kappa shape index (κ2) is 13.1. The summed E-state index contributed by atoms with van der Waals surface area (Å²) in [5.41, 5.74) is 1.77. The van der Waals surface area contributed by atoms with Crippen molar-refractivity contribution in [2.24, 2.45) is 0 Å². The zero-order valence-corrected chi connectivity index (χ0v) is 21.1. The molecule has 35 heavy (non-hydrogen) atoms. The Labute approximate surface area is 216 Å². The first-order valence-corrected chi connectivity index (χ1v) is 12.1. The van der Waals surface area contributed by atoms with Crippen LogP contribution in [0.4, 0.5) is 5.13 Å². The Kier molecular flexibility index (Phi) is 9.98. The van der Waals surface area contributed by atoms with E-state index in [9.17, 15) is 14.4 Å². The lowest BCUT2D eigenvalue weighted by molar-refractivity contribution is -0.120. The molecule has 3 rings (SSSR count). The number of nitrogens with zero attached hydrogens (tertiary/aromatic N) is 3. The number of carbonyl (C=O) groups excluding carboxylic acids is 3. The highest BCUT2D eigenvalue weighted by Crippen LogP contribution is 2.23. The summed E-state index contributed by atoms with van der Waals surface area (Å²) < 4.78 is 5.07. The first kappa shape index (κ1) is 26.6. The van der Waals surface area contributed by atoms with Gasteiger partial charge in [-0.2, -0.15) is 0 Å². The van der Waals surface area contributed by atoms with Crippen molar-refractivity contribution in [2.75, 3.05) is 32.1 Å². The fraction of sp³-hybridized carbons (Fsp3) is 0.261. The summed E-state index contributed by atoms with van der Waals surface area (Å²) in [5, 5.41) is 8.10. The molecule has 0 bridgehead atoms.